The molecule has 17 heavy (non-hydrogen) atoms. The Hall–Kier alpha value is -1.10. The van der Waals surface area contributed by atoms with Gasteiger partial charge in [0, 0.05) is 24.9 Å². The van der Waals surface area contributed by atoms with Gasteiger partial charge in [0.2, 0.25) is 5.91 Å². The number of aliphatic hydroxyl groups excluding tert-OH is 1. The molecule has 0 radical (unpaired) electrons. The van der Waals surface area contributed by atoms with Crippen LogP contribution in [0, 0.1) is 11.3 Å². The molecule has 96 valence electrons. The molecule has 1 aliphatic heterocycles. The number of carboxylic acids is 1. The van der Waals surface area contributed by atoms with Crippen LogP contribution in [0.5, 0.6) is 0 Å². The fourth-order valence-corrected chi connectivity index (χ4v) is 2.99. The standard InChI is InChI=1S/C12H19NO4/c14-8-12(3-1-2-4-12)7-13-6-9(11(16)17)5-10(13)15/h9,14H,1-8H2,(H,16,17). The highest BCUT2D eigenvalue weighted by Gasteiger charge is 2.41. The van der Waals surface area contributed by atoms with Crippen molar-refractivity contribution in [1.29, 1.82) is 0 Å². The van der Waals surface area contributed by atoms with Gasteiger partial charge in [0.1, 0.15) is 0 Å². The molecule has 2 aliphatic rings. The Labute approximate surface area is 100 Å². The zero-order valence-corrected chi connectivity index (χ0v) is 9.89. The molecular weight excluding hydrogens is 222 g/mol. The van der Waals surface area contributed by atoms with Crippen molar-refractivity contribution in [3.8, 4) is 0 Å². The first-order chi connectivity index (χ1) is 8.06. The summed E-state index contributed by atoms with van der Waals surface area (Å²) in [5.41, 5.74) is -0.178. The van der Waals surface area contributed by atoms with E-state index in [-0.39, 0.29) is 24.3 Å². The molecular formula is C12H19NO4. The first-order valence-electron chi connectivity index (χ1n) is 6.18. The van der Waals surface area contributed by atoms with Gasteiger partial charge in [0.15, 0.2) is 0 Å². The summed E-state index contributed by atoms with van der Waals surface area (Å²) in [5, 5.41) is 18.4. The topological polar surface area (TPSA) is 77.8 Å². The van der Waals surface area contributed by atoms with Crippen LogP contribution in [0.3, 0.4) is 0 Å². The van der Waals surface area contributed by atoms with Crippen LogP contribution in [-0.4, -0.2) is 46.7 Å². The van der Waals surface area contributed by atoms with Gasteiger partial charge in [-0.25, -0.2) is 0 Å². The molecule has 1 unspecified atom stereocenters. The van der Waals surface area contributed by atoms with Crippen LogP contribution in [-0.2, 0) is 9.59 Å². The van der Waals surface area contributed by atoms with Crippen molar-refractivity contribution in [2.45, 2.75) is 32.1 Å². The van der Waals surface area contributed by atoms with Crippen LogP contribution >= 0.6 is 0 Å². The van der Waals surface area contributed by atoms with Crippen LogP contribution in [0.15, 0.2) is 0 Å². The monoisotopic (exact) mass is 241 g/mol. The Morgan fingerprint density at radius 3 is 2.53 bits per heavy atom. The minimum atomic E-state index is -0.898. The molecule has 0 aromatic rings. The minimum Gasteiger partial charge on any atom is -0.481 e. The molecule has 1 saturated carbocycles. The molecule has 1 amide bonds. The van der Waals surface area contributed by atoms with Crippen LogP contribution in [0.4, 0.5) is 0 Å². The van der Waals surface area contributed by atoms with Crippen LogP contribution in [0.25, 0.3) is 0 Å². The first kappa shape index (κ1) is 12.4. The molecule has 1 heterocycles. The molecule has 5 nitrogen and oxygen atoms in total. The van der Waals surface area contributed by atoms with Crippen LogP contribution in [0.1, 0.15) is 32.1 Å². The third-order valence-corrected chi connectivity index (χ3v) is 4.09. The quantitative estimate of drug-likeness (QED) is 0.750. The van der Waals surface area contributed by atoms with Gasteiger partial charge in [-0.15, -0.1) is 0 Å². The largest absolute Gasteiger partial charge is 0.481 e. The van der Waals surface area contributed by atoms with E-state index in [1.807, 2.05) is 0 Å². The predicted molar refractivity (Wildman–Crippen MR) is 60.3 cm³/mol. The Morgan fingerprint density at radius 2 is 2.06 bits per heavy atom. The van der Waals surface area contributed by atoms with E-state index in [1.165, 1.54) is 0 Å². The molecule has 2 fully saturated rings. The van der Waals surface area contributed by atoms with Crippen molar-refractivity contribution in [3.05, 3.63) is 0 Å². The molecule has 0 spiro atoms. The van der Waals surface area contributed by atoms with E-state index in [0.29, 0.717) is 13.1 Å². The average molecular weight is 241 g/mol. The zero-order valence-electron chi connectivity index (χ0n) is 9.89. The average Bonchev–Trinajstić information content (AvgIpc) is 2.88. The maximum Gasteiger partial charge on any atom is 0.308 e. The highest BCUT2D eigenvalue weighted by Crippen LogP contribution is 2.39. The molecule has 0 aromatic heterocycles. The van der Waals surface area contributed by atoms with Crippen LogP contribution < -0.4 is 0 Å². The van der Waals surface area contributed by atoms with Crippen molar-refractivity contribution in [2.24, 2.45) is 11.3 Å². The molecule has 1 saturated heterocycles. The van der Waals surface area contributed by atoms with Crippen molar-refractivity contribution in [1.82, 2.24) is 4.90 Å². The lowest BCUT2D eigenvalue weighted by Crippen LogP contribution is -2.39. The number of hydrogen-bond donors (Lipinski definition) is 2. The van der Waals surface area contributed by atoms with Gasteiger partial charge in [0.25, 0.3) is 0 Å². The lowest BCUT2D eigenvalue weighted by molar-refractivity contribution is -0.141. The Bertz CT molecular complexity index is 322. The van der Waals surface area contributed by atoms with Gasteiger partial charge in [-0.3, -0.25) is 9.59 Å². The highest BCUT2D eigenvalue weighted by molar-refractivity contribution is 5.86. The number of nitrogens with zero attached hydrogens (tertiary/aromatic N) is 1. The predicted octanol–water partition coefficient (Wildman–Crippen LogP) is 0.472. The fourth-order valence-electron chi connectivity index (χ4n) is 2.99. The molecule has 2 rings (SSSR count). The number of carbonyl (C=O) groups excluding carboxylic acids is 1. The normalized spacial score (nSPS) is 27.7. The minimum absolute atomic E-state index is 0.0860. The van der Waals surface area contributed by atoms with Gasteiger partial charge in [-0.1, -0.05) is 12.8 Å². The third-order valence-electron chi connectivity index (χ3n) is 4.09. The maximum atomic E-state index is 11.7. The Balaban J connectivity index is 1.99. The van der Waals surface area contributed by atoms with E-state index in [9.17, 15) is 14.7 Å². The van der Waals surface area contributed by atoms with E-state index in [2.05, 4.69) is 0 Å². The number of aliphatic hydroxyl groups is 1. The number of hydrogen-bond acceptors (Lipinski definition) is 3. The van der Waals surface area contributed by atoms with Gasteiger partial charge in [0.05, 0.1) is 12.5 Å². The summed E-state index contributed by atoms with van der Waals surface area (Å²) in [6, 6.07) is 0. The zero-order chi connectivity index (χ0) is 12.5. The van der Waals surface area contributed by atoms with Crippen molar-refractivity contribution >= 4 is 11.9 Å². The van der Waals surface area contributed by atoms with E-state index in [4.69, 9.17) is 5.11 Å². The number of aliphatic carboxylic acids is 1. The van der Waals surface area contributed by atoms with Gasteiger partial charge >= 0.3 is 5.97 Å². The maximum absolute atomic E-state index is 11.7. The Morgan fingerprint density at radius 1 is 1.41 bits per heavy atom. The van der Waals surface area contributed by atoms with E-state index in [0.717, 1.165) is 25.7 Å². The first-order valence-corrected chi connectivity index (χ1v) is 6.18. The van der Waals surface area contributed by atoms with Crippen molar-refractivity contribution in [2.75, 3.05) is 19.7 Å². The third kappa shape index (κ3) is 2.44. The second-order valence-corrected chi connectivity index (χ2v) is 5.38. The summed E-state index contributed by atoms with van der Waals surface area (Å²) in [5.74, 6) is -1.55. The van der Waals surface area contributed by atoms with Gasteiger partial charge < -0.3 is 15.1 Å². The molecule has 1 atom stereocenters. The second kappa shape index (κ2) is 4.64. The lowest BCUT2D eigenvalue weighted by Gasteiger charge is -2.31. The smallest absolute Gasteiger partial charge is 0.308 e. The number of carbonyl (C=O) groups is 2. The van der Waals surface area contributed by atoms with Gasteiger partial charge in [-0.05, 0) is 12.8 Å². The summed E-state index contributed by atoms with van der Waals surface area (Å²) in [7, 11) is 0. The van der Waals surface area contributed by atoms with E-state index in [1.54, 1.807) is 4.90 Å². The number of likely N-dealkylation sites (tertiary alicyclic amines) is 1. The van der Waals surface area contributed by atoms with Crippen molar-refractivity contribution < 1.29 is 19.8 Å². The molecule has 0 bridgehead atoms. The van der Waals surface area contributed by atoms with Crippen LogP contribution in [0.2, 0.25) is 0 Å². The molecule has 1 aliphatic carbocycles. The number of amides is 1. The summed E-state index contributed by atoms with van der Waals surface area (Å²) in [4.78, 5) is 24.2. The molecule has 2 N–H and O–H groups in total. The fraction of sp³-hybridized carbons (Fsp3) is 0.833. The van der Waals surface area contributed by atoms with Gasteiger partial charge in [-0.2, -0.15) is 0 Å². The van der Waals surface area contributed by atoms with E-state index >= 15 is 0 Å². The summed E-state index contributed by atoms with van der Waals surface area (Å²) in [6.07, 6.45) is 4.16. The second-order valence-electron chi connectivity index (χ2n) is 5.38. The van der Waals surface area contributed by atoms with Crippen molar-refractivity contribution in [3.63, 3.8) is 0 Å². The lowest BCUT2D eigenvalue weighted by atomic mass is 9.86. The molecule has 5 heteroatoms. The molecule has 0 aromatic carbocycles. The van der Waals surface area contributed by atoms with E-state index < -0.39 is 11.9 Å². The highest BCUT2D eigenvalue weighted by atomic mass is 16.4. The summed E-state index contributed by atoms with van der Waals surface area (Å²) >= 11 is 0. The Kier molecular flexibility index (Phi) is 3.38. The SMILES string of the molecule is O=C(O)C1CC(=O)N(CC2(CO)CCCC2)C1. The summed E-state index contributed by atoms with van der Waals surface area (Å²) < 4.78 is 0. The number of rotatable bonds is 4. The summed E-state index contributed by atoms with van der Waals surface area (Å²) in [6.45, 7) is 0.913. The number of carboxylic acid groups (broad SMARTS) is 1.